The van der Waals surface area contributed by atoms with Crippen molar-refractivity contribution in [2.24, 2.45) is 0 Å². The monoisotopic (exact) mass is 494 g/mol. The fourth-order valence-electron chi connectivity index (χ4n) is 3.88. The van der Waals surface area contributed by atoms with E-state index in [1.54, 1.807) is 33.8 Å². The molecule has 2 heterocycles. The van der Waals surface area contributed by atoms with E-state index in [9.17, 15) is 22.8 Å². The van der Waals surface area contributed by atoms with E-state index in [0.29, 0.717) is 35.5 Å². The Bertz CT molecular complexity index is 1090. The number of ether oxygens (including phenoxy) is 2. The van der Waals surface area contributed by atoms with E-state index >= 15 is 0 Å². The van der Waals surface area contributed by atoms with Gasteiger partial charge in [0.15, 0.2) is 0 Å². The van der Waals surface area contributed by atoms with Crippen molar-refractivity contribution in [3.63, 3.8) is 0 Å². The van der Waals surface area contributed by atoms with Crippen molar-refractivity contribution >= 4 is 18.2 Å². The van der Waals surface area contributed by atoms with Crippen LogP contribution in [0.3, 0.4) is 0 Å². The number of nitrogens with zero attached hydrogens (tertiary/aromatic N) is 3. The fourth-order valence-corrected chi connectivity index (χ4v) is 3.88. The summed E-state index contributed by atoms with van der Waals surface area (Å²) in [5.41, 5.74) is -0.0581. The fraction of sp³-hybridized carbons (Fsp3) is 0.500. The molecule has 1 saturated heterocycles. The first-order valence-electron chi connectivity index (χ1n) is 11.1. The largest absolute Gasteiger partial charge is 0.496 e. The van der Waals surface area contributed by atoms with Crippen LogP contribution in [0.25, 0.3) is 11.3 Å². The zero-order valence-electron chi connectivity index (χ0n) is 20.3. The third-order valence-corrected chi connectivity index (χ3v) is 5.53. The molecule has 1 aliphatic rings. The van der Waals surface area contributed by atoms with Crippen LogP contribution in [0.5, 0.6) is 5.75 Å². The first kappa shape index (κ1) is 26.2. The third kappa shape index (κ3) is 6.40. The van der Waals surface area contributed by atoms with Crippen LogP contribution in [0, 0.1) is 6.92 Å². The lowest BCUT2D eigenvalue weighted by Gasteiger charge is -2.38. The number of nitrogens with one attached hydrogen (secondary N) is 1. The van der Waals surface area contributed by atoms with Gasteiger partial charge in [-0.3, -0.25) is 4.90 Å². The maximum absolute atomic E-state index is 13.1. The number of anilines is 1. The minimum atomic E-state index is -4.49. The molecule has 0 spiro atoms. The summed E-state index contributed by atoms with van der Waals surface area (Å²) in [6, 6.07) is 4.18. The number of halogens is 3. The van der Waals surface area contributed by atoms with Crippen molar-refractivity contribution in [1.29, 1.82) is 0 Å². The number of rotatable bonds is 5. The van der Waals surface area contributed by atoms with Crippen molar-refractivity contribution in [1.82, 2.24) is 15.1 Å². The number of likely N-dealkylation sites (tertiary alicyclic amines) is 1. The van der Waals surface area contributed by atoms with E-state index in [4.69, 9.17) is 9.47 Å². The molecule has 3 rings (SSSR count). The summed E-state index contributed by atoms with van der Waals surface area (Å²) >= 11 is 0. The summed E-state index contributed by atoms with van der Waals surface area (Å²) in [5.74, 6) is 0.481. The van der Waals surface area contributed by atoms with Crippen LogP contribution < -0.4 is 10.1 Å². The van der Waals surface area contributed by atoms with Crippen molar-refractivity contribution in [3.05, 3.63) is 35.4 Å². The predicted octanol–water partition coefficient (Wildman–Crippen LogP) is 4.86. The average molecular weight is 495 g/mol. The molecule has 1 N–H and O–H groups in total. The van der Waals surface area contributed by atoms with Crippen LogP contribution in [0.1, 0.15) is 44.7 Å². The van der Waals surface area contributed by atoms with Crippen LogP contribution in [0.2, 0.25) is 0 Å². The highest BCUT2D eigenvalue weighted by Crippen LogP contribution is 2.37. The smallest absolute Gasteiger partial charge is 0.416 e. The molecular weight excluding hydrogens is 465 g/mol. The summed E-state index contributed by atoms with van der Waals surface area (Å²) in [6.45, 7) is 7.28. The van der Waals surface area contributed by atoms with E-state index in [1.165, 1.54) is 18.1 Å². The van der Waals surface area contributed by atoms with Gasteiger partial charge in [0.1, 0.15) is 23.5 Å². The van der Waals surface area contributed by atoms with E-state index in [1.807, 2.05) is 0 Å². The highest BCUT2D eigenvalue weighted by Gasteiger charge is 2.35. The quantitative estimate of drug-likeness (QED) is 0.594. The molecule has 1 aromatic carbocycles. The number of piperidine rings is 1. The topological polar surface area (TPSA) is 93.7 Å². The minimum absolute atomic E-state index is 0.0399. The van der Waals surface area contributed by atoms with E-state index < -0.39 is 29.5 Å². The Labute approximate surface area is 201 Å². The second-order valence-corrected chi connectivity index (χ2v) is 9.43. The van der Waals surface area contributed by atoms with Gasteiger partial charge in [0, 0.05) is 18.2 Å². The number of carbonyl (C=O) groups excluding carboxylic acids is 2. The number of aryl methyl sites for hydroxylation is 1. The first-order chi connectivity index (χ1) is 16.3. The number of hydrogen-bond acceptors (Lipinski definition) is 7. The number of hydrogen-bond donors (Lipinski definition) is 1. The Balaban J connectivity index is 1.78. The summed E-state index contributed by atoms with van der Waals surface area (Å²) in [6.07, 6.45) is -3.22. The Hall–Kier alpha value is -3.37. The Morgan fingerprint density at radius 3 is 2.46 bits per heavy atom. The van der Waals surface area contributed by atoms with Gasteiger partial charge in [-0.05, 0) is 70.4 Å². The van der Waals surface area contributed by atoms with Gasteiger partial charge in [-0.1, -0.05) is 0 Å². The number of aromatic nitrogens is 2. The predicted molar refractivity (Wildman–Crippen MR) is 123 cm³/mol. The van der Waals surface area contributed by atoms with Crippen molar-refractivity contribution in [2.45, 2.75) is 64.4 Å². The Morgan fingerprint density at radius 2 is 1.89 bits per heavy atom. The number of benzene rings is 1. The van der Waals surface area contributed by atoms with Gasteiger partial charge in [-0.2, -0.15) is 13.2 Å². The highest BCUT2D eigenvalue weighted by molar-refractivity contribution is 5.74. The maximum atomic E-state index is 13.1. The van der Waals surface area contributed by atoms with Gasteiger partial charge in [0.2, 0.25) is 0 Å². The van der Waals surface area contributed by atoms with Crippen LogP contribution >= 0.6 is 0 Å². The molecule has 2 atom stereocenters. The maximum Gasteiger partial charge on any atom is 0.416 e. The van der Waals surface area contributed by atoms with Gasteiger partial charge < -0.3 is 19.6 Å². The van der Waals surface area contributed by atoms with Crippen molar-refractivity contribution in [3.8, 4) is 17.0 Å². The van der Waals surface area contributed by atoms with Gasteiger partial charge in [-0.25, -0.2) is 4.79 Å². The number of alkyl halides is 3. The molecule has 0 saturated carbocycles. The molecule has 1 amide bonds. The molecule has 1 unspecified atom stereocenters. The molecule has 2 aromatic rings. The summed E-state index contributed by atoms with van der Waals surface area (Å²) in [4.78, 5) is 25.5. The second kappa shape index (κ2) is 10.1. The average Bonchev–Trinajstić information content (AvgIpc) is 2.77. The molecule has 11 heteroatoms. The molecular formula is C24H29F3N4O4. The number of amides is 1. The number of methoxy groups -OCH3 is 1. The summed E-state index contributed by atoms with van der Waals surface area (Å²) in [7, 11) is 1.30. The lowest BCUT2D eigenvalue weighted by atomic mass is 9.99. The zero-order chi connectivity index (χ0) is 26.0. The molecule has 1 aliphatic heterocycles. The van der Waals surface area contributed by atoms with Crippen molar-refractivity contribution < 1.29 is 32.2 Å². The molecule has 35 heavy (non-hydrogen) atoms. The van der Waals surface area contributed by atoms with Gasteiger partial charge >= 0.3 is 12.3 Å². The van der Waals surface area contributed by atoms with Crippen LogP contribution in [0.4, 0.5) is 23.8 Å². The highest BCUT2D eigenvalue weighted by atomic mass is 19.4. The molecule has 8 nitrogen and oxygen atoms in total. The lowest BCUT2D eigenvalue weighted by molar-refractivity contribution is -0.137. The van der Waals surface area contributed by atoms with E-state index in [0.717, 1.165) is 18.4 Å². The SMILES string of the molecule is COc1cc(C(F)(F)F)ccc1-c1nnc(N[C@@H]2CCC(C=O)N(C(=O)OC(C)(C)C)C2)cc1C. The molecule has 0 bridgehead atoms. The summed E-state index contributed by atoms with van der Waals surface area (Å²) in [5, 5.41) is 11.6. The van der Waals surface area contributed by atoms with Gasteiger partial charge in [0.05, 0.1) is 24.4 Å². The standard InChI is InChI=1S/C24H29F3N4O4/c1-14-10-20(28-16-7-8-17(13-32)31(12-16)22(33)35-23(2,3)4)29-30-21(14)18-9-6-15(24(25,26)27)11-19(18)34-5/h6,9-11,13,16-17H,7-8,12H2,1-5H3,(H,28,29)/t16-,17?/m1/s1. The Kier molecular flexibility index (Phi) is 7.56. The second-order valence-electron chi connectivity index (χ2n) is 9.43. The van der Waals surface area contributed by atoms with Gasteiger partial charge in [0.25, 0.3) is 0 Å². The normalized spacial score (nSPS) is 18.7. The zero-order valence-corrected chi connectivity index (χ0v) is 20.3. The molecule has 190 valence electrons. The lowest BCUT2D eigenvalue weighted by Crippen LogP contribution is -2.52. The van der Waals surface area contributed by atoms with E-state index in [-0.39, 0.29) is 18.3 Å². The molecule has 0 aliphatic carbocycles. The van der Waals surface area contributed by atoms with E-state index in [2.05, 4.69) is 15.5 Å². The van der Waals surface area contributed by atoms with Crippen LogP contribution in [0.15, 0.2) is 24.3 Å². The first-order valence-corrected chi connectivity index (χ1v) is 11.1. The Morgan fingerprint density at radius 1 is 1.17 bits per heavy atom. The number of aldehydes is 1. The third-order valence-electron chi connectivity index (χ3n) is 5.53. The van der Waals surface area contributed by atoms with Gasteiger partial charge in [-0.15, -0.1) is 10.2 Å². The molecule has 0 radical (unpaired) electrons. The minimum Gasteiger partial charge on any atom is -0.496 e. The van der Waals surface area contributed by atoms with Crippen LogP contribution in [-0.2, 0) is 15.7 Å². The molecule has 1 fully saturated rings. The summed E-state index contributed by atoms with van der Waals surface area (Å²) < 4.78 is 49.8. The number of carbonyl (C=O) groups is 2. The van der Waals surface area contributed by atoms with Crippen molar-refractivity contribution in [2.75, 3.05) is 19.0 Å². The van der Waals surface area contributed by atoms with Crippen LogP contribution in [-0.4, -0.2) is 58.8 Å². The molecule has 1 aromatic heterocycles.